The summed E-state index contributed by atoms with van der Waals surface area (Å²) in [5, 5.41) is 0. The Morgan fingerprint density at radius 1 is 1.00 bits per heavy atom. The molecule has 0 rings (SSSR count). The molecule has 0 spiro atoms. The van der Waals surface area contributed by atoms with E-state index in [4.69, 9.17) is 5.73 Å². The highest BCUT2D eigenvalue weighted by molar-refractivity contribution is 4.60. The average molecular weight is 199 g/mol. The van der Waals surface area contributed by atoms with Crippen molar-refractivity contribution in [1.29, 1.82) is 0 Å². The number of unbranched alkanes of at least 4 members (excludes halogenated alkanes) is 1. The van der Waals surface area contributed by atoms with E-state index in [0.717, 1.165) is 18.4 Å². The van der Waals surface area contributed by atoms with Gasteiger partial charge in [0.25, 0.3) is 0 Å². The summed E-state index contributed by atoms with van der Waals surface area (Å²) in [6, 6.07) is 0. The van der Waals surface area contributed by atoms with Gasteiger partial charge in [-0.05, 0) is 31.2 Å². The van der Waals surface area contributed by atoms with Gasteiger partial charge in [0.05, 0.1) is 0 Å². The highest BCUT2D eigenvalue weighted by Gasteiger charge is 2.05. The van der Waals surface area contributed by atoms with Gasteiger partial charge in [0.2, 0.25) is 0 Å². The van der Waals surface area contributed by atoms with E-state index in [1.807, 2.05) is 0 Å². The summed E-state index contributed by atoms with van der Waals surface area (Å²) < 4.78 is 0. The topological polar surface area (TPSA) is 26.0 Å². The van der Waals surface area contributed by atoms with Crippen molar-refractivity contribution in [2.75, 3.05) is 6.54 Å². The van der Waals surface area contributed by atoms with Gasteiger partial charge < -0.3 is 5.73 Å². The molecule has 0 aromatic heterocycles. The molecule has 0 radical (unpaired) electrons. The molecule has 2 unspecified atom stereocenters. The molecule has 0 aliphatic heterocycles. The van der Waals surface area contributed by atoms with Crippen LogP contribution in [-0.4, -0.2) is 6.54 Å². The standard InChI is InChI=1S/C13H29N/c1-4-8-13(11-14)10-7-6-9-12(3)5-2/h12-13H,4-11,14H2,1-3H3. The van der Waals surface area contributed by atoms with Crippen LogP contribution in [0.2, 0.25) is 0 Å². The van der Waals surface area contributed by atoms with E-state index in [1.54, 1.807) is 0 Å². The molecule has 2 N–H and O–H groups in total. The molecule has 0 amide bonds. The van der Waals surface area contributed by atoms with Gasteiger partial charge in [-0.3, -0.25) is 0 Å². The SMILES string of the molecule is CCCC(CN)CCCCC(C)CC. The molecule has 0 bridgehead atoms. The Morgan fingerprint density at radius 3 is 2.14 bits per heavy atom. The van der Waals surface area contributed by atoms with Gasteiger partial charge in [-0.25, -0.2) is 0 Å². The van der Waals surface area contributed by atoms with Crippen molar-refractivity contribution in [3.63, 3.8) is 0 Å². The van der Waals surface area contributed by atoms with Crippen LogP contribution in [0.4, 0.5) is 0 Å². The minimum absolute atomic E-state index is 0.789. The largest absolute Gasteiger partial charge is 0.330 e. The number of nitrogens with two attached hydrogens (primary N) is 1. The third-order valence-corrected chi connectivity index (χ3v) is 3.29. The van der Waals surface area contributed by atoms with E-state index in [1.165, 1.54) is 44.9 Å². The van der Waals surface area contributed by atoms with Crippen LogP contribution in [0.15, 0.2) is 0 Å². The van der Waals surface area contributed by atoms with Crippen LogP contribution in [0.1, 0.15) is 65.7 Å². The summed E-state index contributed by atoms with van der Waals surface area (Å²) in [4.78, 5) is 0. The van der Waals surface area contributed by atoms with Gasteiger partial charge in [0, 0.05) is 0 Å². The fourth-order valence-electron chi connectivity index (χ4n) is 1.92. The predicted molar refractivity (Wildman–Crippen MR) is 65.4 cm³/mol. The van der Waals surface area contributed by atoms with Crippen LogP contribution in [0.3, 0.4) is 0 Å². The van der Waals surface area contributed by atoms with E-state index >= 15 is 0 Å². The van der Waals surface area contributed by atoms with Gasteiger partial charge in [-0.2, -0.15) is 0 Å². The zero-order valence-corrected chi connectivity index (χ0v) is 10.4. The van der Waals surface area contributed by atoms with Crippen LogP contribution < -0.4 is 5.73 Å². The number of hydrogen-bond donors (Lipinski definition) is 1. The third kappa shape index (κ3) is 7.37. The van der Waals surface area contributed by atoms with Crippen molar-refractivity contribution in [3.05, 3.63) is 0 Å². The van der Waals surface area contributed by atoms with Gasteiger partial charge in [-0.1, -0.05) is 52.9 Å². The molecular formula is C13H29N. The van der Waals surface area contributed by atoms with E-state index in [0.29, 0.717) is 0 Å². The van der Waals surface area contributed by atoms with Crippen LogP contribution in [0.25, 0.3) is 0 Å². The Labute approximate surface area is 90.5 Å². The summed E-state index contributed by atoms with van der Waals surface area (Å²) >= 11 is 0. The molecule has 2 atom stereocenters. The number of rotatable bonds is 9. The Kier molecular flexibility index (Phi) is 9.49. The van der Waals surface area contributed by atoms with Crippen molar-refractivity contribution < 1.29 is 0 Å². The van der Waals surface area contributed by atoms with Crippen molar-refractivity contribution in [2.24, 2.45) is 17.6 Å². The quantitative estimate of drug-likeness (QED) is 0.559. The Hall–Kier alpha value is -0.0400. The minimum Gasteiger partial charge on any atom is -0.330 e. The molecule has 0 saturated heterocycles. The fraction of sp³-hybridized carbons (Fsp3) is 1.00. The summed E-state index contributed by atoms with van der Waals surface area (Å²) in [5.74, 6) is 1.70. The molecule has 0 saturated carbocycles. The van der Waals surface area contributed by atoms with E-state index in [-0.39, 0.29) is 0 Å². The minimum atomic E-state index is 0.789. The fourth-order valence-corrected chi connectivity index (χ4v) is 1.92. The van der Waals surface area contributed by atoms with Crippen molar-refractivity contribution >= 4 is 0 Å². The smallest absolute Gasteiger partial charge is 0.00489 e. The lowest BCUT2D eigenvalue weighted by Crippen LogP contribution is -2.14. The third-order valence-electron chi connectivity index (χ3n) is 3.29. The lowest BCUT2D eigenvalue weighted by atomic mass is 9.94. The molecule has 0 heterocycles. The molecule has 0 fully saturated rings. The maximum absolute atomic E-state index is 5.73. The van der Waals surface area contributed by atoms with Crippen molar-refractivity contribution in [1.82, 2.24) is 0 Å². The first-order valence-electron chi connectivity index (χ1n) is 6.44. The average Bonchev–Trinajstić information content (AvgIpc) is 2.22. The summed E-state index contributed by atoms with van der Waals surface area (Å²) in [5.41, 5.74) is 5.73. The highest BCUT2D eigenvalue weighted by atomic mass is 14.5. The highest BCUT2D eigenvalue weighted by Crippen LogP contribution is 2.17. The maximum atomic E-state index is 5.73. The first kappa shape index (κ1) is 14.0. The summed E-state index contributed by atoms with van der Waals surface area (Å²) in [6.07, 6.45) is 9.46. The molecule has 0 aromatic carbocycles. The Bertz CT molecular complexity index is 112. The van der Waals surface area contributed by atoms with Gasteiger partial charge >= 0.3 is 0 Å². The predicted octanol–water partition coefficient (Wildman–Crippen LogP) is 3.97. The molecule has 0 aliphatic rings. The van der Waals surface area contributed by atoms with Crippen LogP contribution >= 0.6 is 0 Å². The first-order valence-corrected chi connectivity index (χ1v) is 6.44. The monoisotopic (exact) mass is 199 g/mol. The zero-order chi connectivity index (χ0) is 10.8. The molecular weight excluding hydrogens is 170 g/mol. The van der Waals surface area contributed by atoms with Crippen molar-refractivity contribution in [3.8, 4) is 0 Å². The first-order chi connectivity index (χ1) is 6.74. The van der Waals surface area contributed by atoms with Crippen LogP contribution in [0, 0.1) is 11.8 Å². The molecule has 0 aromatic rings. The summed E-state index contributed by atoms with van der Waals surface area (Å²) in [7, 11) is 0. The van der Waals surface area contributed by atoms with E-state index < -0.39 is 0 Å². The maximum Gasteiger partial charge on any atom is -0.00489 e. The normalized spacial score (nSPS) is 15.4. The van der Waals surface area contributed by atoms with E-state index in [2.05, 4.69) is 20.8 Å². The second kappa shape index (κ2) is 9.51. The van der Waals surface area contributed by atoms with E-state index in [9.17, 15) is 0 Å². The van der Waals surface area contributed by atoms with Crippen LogP contribution in [0.5, 0.6) is 0 Å². The molecule has 14 heavy (non-hydrogen) atoms. The second-order valence-electron chi connectivity index (χ2n) is 4.69. The Morgan fingerprint density at radius 2 is 1.64 bits per heavy atom. The lowest BCUT2D eigenvalue weighted by Gasteiger charge is -2.14. The number of hydrogen-bond acceptors (Lipinski definition) is 1. The molecule has 0 aliphatic carbocycles. The zero-order valence-electron chi connectivity index (χ0n) is 10.4. The van der Waals surface area contributed by atoms with Crippen LogP contribution in [-0.2, 0) is 0 Å². The molecule has 86 valence electrons. The molecule has 1 nitrogen and oxygen atoms in total. The Balaban J connectivity index is 3.32. The lowest BCUT2D eigenvalue weighted by molar-refractivity contribution is 0.409. The summed E-state index contributed by atoms with van der Waals surface area (Å²) in [6.45, 7) is 7.77. The van der Waals surface area contributed by atoms with Gasteiger partial charge in [0.1, 0.15) is 0 Å². The second-order valence-corrected chi connectivity index (χ2v) is 4.69. The molecule has 1 heteroatoms. The van der Waals surface area contributed by atoms with Gasteiger partial charge in [-0.15, -0.1) is 0 Å². The van der Waals surface area contributed by atoms with Crippen molar-refractivity contribution in [2.45, 2.75) is 65.7 Å². The van der Waals surface area contributed by atoms with Gasteiger partial charge in [0.15, 0.2) is 0 Å².